The van der Waals surface area contributed by atoms with Crippen LogP contribution in [0.3, 0.4) is 0 Å². The van der Waals surface area contributed by atoms with Gasteiger partial charge in [0, 0.05) is 23.7 Å². The molecule has 1 N–H and O–H groups in total. The highest BCUT2D eigenvalue weighted by Crippen LogP contribution is 2.27. The van der Waals surface area contributed by atoms with Gasteiger partial charge in [-0.3, -0.25) is 4.98 Å². The van der Waals surface area contributed by atoms with Crippen LogP contribution in [0.4, 0.5) is 0 Å². The number of aromatic nitrogens is 2. The smallest absolute Gasteiger partial charge is 0.115 e. The normalized spacial score (nSPS) is 14.5. The third kappa shape index (κ3) is 5.04. The molecule has 0 spiro atoms. The summed E-state index contributed by atoms with van der Waals surface area (Å²) < 4.78 is 0. The molecule has 96 valence electrons. The molecule has 0 aliphatic rings. The van der Waals surface area contributed by atoms with Crippen LogP contribution in [-0.4, -0.2) is 27.8 Å². The lowest BCUT2D eigenvalue weighted by molar-refractivity contribution is 0.465. The molecule has 1 aromatic heterocycles. The predicted molar refractivity (Wildman–Crippen MR) is 74.3 cm³/mol. The number of thioether (sulfide) groups is 1. The summed E-state index contributed by atoms with van der Waals surface area (Å²) in [5, 5.41) is 5.19. The van der Waals surface area contributed by atoms with Crippen molar-refractivity contribution in [1.29, 1.82) is 0 Å². The summed E-state index contributed by atoms with van der Waals surface area (Å²) >= 11 is 1.84. The van der Waals surface area contributed by atoms with E-state index >= 15 is 0 Å². The minimum Gasteiger partial charge on any atom is -0.313 e. The summed E-state index contributed by atoms with van der Waals surface area (Å²) in [5.41, 5.74) is 0. The zero-order valence-electron chi connectivity index (χ0n) is 11.0. The van der Waals surface area contributed by atoms with Crippen LogP contribution in [0.15, 0.2) is 23.6 Å². The van der Waals surface area contributed by atoms with Gasteiger partial charge in [0.1, 0.15) is 5.03 Å². The number of hydrogen-bond acceptors (Lipinski definition) is 4. The SMILES string of the molecule is CCCC(NCC)C(CC)Sc1cnccn1. The monoisotopic (exact) mass is 253 g/mol. The molecule has 3 nitrogen and oxygen atoms in total. The fourth-order valence-corrected chi connectivity index (χ4v) is 3.06. The van der Waals surface area contributed by atoms with Gasteiger partial charge < -0.3 is 5.32 Å². The standard InChI is InChI=1S/C13H23N3S/c1-4-7-11(15-6-3)12(5-2)17-13-10-14-8-9-16-13/h8-12,15H,4-7H2,1-3H3. The van der Waals surface area contributed by atoms with Gasteiger partial charge in [-0.05, 0) is 19.4 Å². The summed E-state index contributed by atoms with van der Waals surface area (Å²) in [6.45, 7) is 7.68. The van der Waals surface area contributed by atoms with E-state index in [0.29, 0.717) is 11.3 Å². The van der Waals surface area contributed by atoms with E-state index in [0.717, 1.165) is 18.0 Å². The first-order valence-corrected chi connectivity index (χ1v) is 7.35. The lowest BCUT2D eigenvalue weighted by Crippen LogP contribution is -2.37. The molecule has 1 aromatic rings. The highest BCUT2D eigenvalue weighted by molar-refractivity contribution is 7.99. The quantitative estimate of drug-likeness (QED) is 0.722. The fourth-order valence-electron chi connectivity index (χ4n) is 1.94. The van der Waals surface area contributed by atoms with Crippen molar-refractivity contribution >= 4 is 11.8 Å². The topological polar surface area (TPSA) is 37.8 Å². The Hall–Kier alpha value is -0.610. The van der Waals surface area contributed by atoms with Gasteiger partial charge in [-0.1, -0.05) is 39.0 Å². The van der Waals surface area contributed by atoms with Crippen LogP contribution in [0.25, 0.3) is 0 Å². The van der Waals surface area contributed by atoms with Crippen LogP contribution in [0.1, 0.15) is 40.0 Å². The summed E-state index contributed by atoms with van der Waals surface area (Å²) in [6, 6.07) is 0.571. The third-order valence-corrected chi connectivity index (χ3v) is 4.15. The maximum Gasteiger partial charge on any atom is 0.115 e. The zero-order valence-corrected chi connectivity index (χ0v) is 11.8. The van der Waals surface area contributed by atoms with E-state index < -0.39 is 0 Å². The molecule has 0 aliphatic heterocycles. The van der Waals surface area contributed by atoms with E-state index in [1.807, 2.05) is 18.0 Å². The first kappa shape index (κ1) is 14.5. The van der Waals surface area contributed by atoms with Crippen molar-refractivity contribution < 1.29 is 0 Å². The van der Waals surface area contributed by atoms with Gasteiger partial charge in [-0.2, -0.15) is 0 Å². The molecule has 0 amide bonds. The Kier molecular flexibility index (Phi) is 7.21. The van der Waals surface area contributed by atoms with Crippen molar-refractivity contribution in [1.82, 2.24) is 15.3 Å². The van der Waals surface area contributed by atoms with Crippen LogP contribution in [0, 0.1) is 0 Å². The molecule has 0 saturated heterocycles. The maximum atomic E-state index is 4.34. The lowest BCUT2D eigenvalue weighted by atomic mass is 10.1. The fraction of sp³-hybridized carbons (Fsp3) is 0.692. The predicted octanol–water partition coefficient (Wildman–Crippen LogP) is 3.13. The number of hydrogen-bond donors (Lipinski definition) is 1. The third-order valence-electron chi connectivity index (χ3n) is 2.73. The number of rotatable bonds is 8. The zero-order chi connectivity index (χ0) is 12.5. The molecule has 0 radical (unpaired) electrons. The largest absolute Gasteiger partial charge is 0.313 e. The Morgan fingerprint density at radius 1 is 1.29 bits per heavy atom. The number of nitrogens with zero attached hydrogens (tertiary/aromatic N) is 2. The Morgan fingerprint density at radius 3 is 2.65 bits per heavy atom. The molecule has 0 bridgehead atoms. The van der Waals surface area contributed by atoms with Crippen LogP contribution in [0.5, 0.6) is 0 Å². The lowest BCUT2D eigenvalue weighted by Gasteiger charge is -2.25. The first-order chi connectivity index (χ1) is 8.31. The van der Waals surface area contributed by atoms with Gasteiger partial charge in [0.15, 0.2) is 0 Å². The molecule has 1 rings (SSSR count). The van der Waals surface area contributed by atoms with E-state index in [1.54, 1.807) is 12.4 Å². The van der Waals surface area contributed by atoms with Crippen LogP contribution >= 0.6 is 11.8 Å². The molecule has 0 saturated carbocycles. The Bertz CT molecular complexity index is 286. The molecule has 1 heterocycles. The summed E-state index contributed by atoms with van der Waals surface area (Å²) in [6.07, 6.45) is 8.92. The average molecular weight is 253 g/mol. The van der Waals surface area contributed by atoms with Gasteiger partial charge >= 0.3 is 0 Å². The molecule has 0 fully saturated rings. The summed E-state index contributed by atoms with van der Waals surface area (Å²) in [4.78, 5) is 8.46. The first-order valence-electron chi connectivity index (χ1n) is 6.47. The Morgan fingerprint density at radius 2 is 2.12 bits per heavy atom. The van der Waals surface area contributed by atoms with Crippen LogP contribution in [-0.2, 0) is 0 Å². The second kappa shape index (κ2) is 8.48. The second-order valence-electron chi connectivity index (χ2n) is 4.06. The minimum absolute atomic E-state index is 0.571. The van der Waals surface area contributed by atoms with E-state index in [-0.39, 0.29) is 0 Å². The molecule has 4 heteroatoms. The molecular weight excluding hydrogens is 230 g/mol. The van der Waals surface area contributed by atoms with Crippen molar-refractivity contribution in [2.75, 3.05) is 6.54 Å². The summed E-state index contributed by atoms with van der Waals surface area (Å²) in [7, 11) is 0. The van der Waals surface area contributed by atoms with Gasteiger partial charge in [-0.25, -0.2) is 4.98 Å². The van der Waals surface area contributed by atoms with Gasteiger partial charge in [-0.15, -0.1) is 0 Å². The van der Waals surface area contributed by atoms with E-state index in [9.17, 15) is 0 Å². The molecule has 0 aliphatic carbocycles. The molecule has 0 aromatic carbocycles. The van der Waals surface area contributed by atoms with Crippen molar-refractivity contribution in [2.45, 2.75) is 56.4 Å². The molecular formula is C13H23N3S. The van der Waals surface area contributed by atoms with Crippen molar-refractivity contribution in [3.63, 3.8) is 0 Å². The van der Waals surface area contributed by atoms with Gasteiger partial charge in [0.25, 0.3) is 0 Å². The van der Waals surface area contributed by atoms with Crippen LogP contribution < -0.4 is 5.32 Å². The maximum absolute atomic E-state index is 4.34. The van der Waals surface area contributed by atoms with Crippen molar-refractivity contribution in [3.05, 3.63) is 18.6 Å². The van der Waals surface area contributed by atoms with Crippen molar-refractivity contribution in [3.8, 4) is 0 Å². The highest BCUT2D eigenvalue weighted by Gasteiger charge is 2.19. The molecule has 2 atom stereocenters. The highest BCUT2D eigenvalue weighted by atomic mass is 32.2. The Balaban J connectivity index is 2.61. The van der Waals surface area contributed by atoms with E-state index in [2.05, 4.69) is 36.1 Å². The van der Waals surface area contributed by atoms with E-state index in [4.69, 9.17) is 0 Å². The molecule has 17 heavy (non-hydrogen) atoms. The van der Waals surface area contributed by atoms with Gasteiger partial charge in [0.2, 0.25) is 0 Å². The van der Waals surface area contributed by atoms with Gasteiger partial charge in [0.05, 0.1) is 6.20 Å². The Labute approximate surface area is 109 Å². The van der Waals surface area contributed by atoms with E-state index in [1.165, 1.54) is 12.8 Å². The summed E-state index contributed by atoms with van der Waals surface area (Å²) in [5.74, 6) is 0. The molecule has 2 unspecified atom stereocenters. The second-order valence-corrected chi connectivity index (χ2v) is 5.32. The average Bonchev–Trinajstić information content (AvgIpc) is 2.37. The number of nitrogens with one attached hydrogen (secondary N) is 1. The minimum atomic E-state index is 0.571. The van der Waals surface area contributed by atoms with Crippen LogP contribution in [0.2, 0.25) is 0 Å². The van der Waals surface area contributed by atoms with Crippen molar-refractivity contribution in [2.24, 2.45) is 0 Å².